The van der Waals surface area contributed by atoms with Crippen LogP contribution in [0.3, 0.4) is 0 Å². The fraction of sp³-hybridized carbons (Fsp3) is 0.200. The van der Waals surface area contributed by atoms with E-state index in [0.29, 0.717) is 32.6 Å². The summed E-state index contributed by atoms with van der Waals surface area (Å²) >= 11 is 7.07. The molecule has 11 heteroatoms. The Hall–Kier alpha value is -3.89. The van der Waals surface area contributed by atoms with Gasteiger partial charge in [-0.25, -0.2) is 9.78 Å². The molecule has 0 saturated carbocycles. The molecule has 4 rings (SSSR count). The molecule has 9 nitrogen and oxygen atoms in total. The van der Waals surface area contributed by atoms with E-state index in [2.05, 4.69) is 10.3 Å². The van der Waals surface area contributed by atoms with Gasteiger partial charge < -0.3 is 19.5 Å². The highest BCUT2D eigenvalue weighted by Gasteiger charge is 2.21. The molecule has 0 fully saturated rings. The highest BCUT2D eigenvalue weighted by Crippen LogP contribution is 2.29. The number of halogens is 1. The fourth-order valence-electron chi connectivity index (χ4n) is 3.47. The van der Waals surface area contributed by atoms with Gasteiger partial charge in [-0.05, 0) is 42.8 Å². The number of nitrogens with zero attached hydrogens (tertiary/aromatic N) is 2. The average molecular weight is 528 g/mol. The third kappa shape index (κ3) is 5.67. The number of fused-ring (bicyclic) bond motifs is 1. The van der Waals surface area contributed by atoms with Crippen molar-refractivity contribution in [1.82, 2.24) is 9.55 Å². The van der Waals surface area contributed by atoms with Crippen LogP contribution < -0.4 is 20.3 Å². The number of aryl methyl sites for hydroxylation is 1. The third-order valence-corrected chi connectivity index (χ3v) is 6.60. The van der Waals surface area contributed by atoms with Crippen molar-refractivity contribution >= 4 is 50.7 Å². The summed E-state index contributed by atoms with van der Waals surface area (Å²) in [6.45, 7) is 1.60. The van der Waals surface area contributed by atoms with Crippen LogP contribution in [0.5, 0.6) is 11.5 Å². The number of esters is 1. The quantitative estimate of drug-likeness (QED) is 0.255. The molecular formula is C25H22ClN3O6S. The number of para-hydroxylation sites is 1. The van der Waals surface area contributed by atoms with Crippen LogP contribution in [-0.4, -0.2) is 41.8 Å². The molecule has 0 radical (unpaired) electrons. The Bertz CT molecular complexity index is 1470. The Morgan fingerprint density at radius 3 is 2.67 bits per heavy atom. The fourth-order valence-corrected chi connectivity index (χ4v) is 4.67. The van der Waals surface area contributed by atoms with Crippen LogP contribution in [0.25, 0.3) is 10.2 Å². The van der Waals surface area contributed by atoms with Crippen LogP contribution in [0.2, 0.25) is 5.02 Å². The molecule has 1 N–H and O–H groups in total. The van der Waals surface area contributed by atoms with E-state index in [-0.39, 0.29) is 30.0 Å². The molecule has 2 aromatic heterocycles. The maximum Gasteiger partial charge on any atom is 0.348 e. The van der Waals surface area contributed by atoms with E-state index in [9.17, 15) is 14.4 Å². The number of rotatable bonds is 9. The summed E-state index contributed by atoms with van der Waals surface area (Å²) < 4.78 is 17.2. The van der Waals surface area contributed by atoms with E-state index in [1.165, 1.54) is 18.0 Å². The zero-order chi connectivity index (χ0) is 25.7. The lowest BCUT2D eigenvalue weighted by Crippen LogP contribution is -2.28. The predicted molar refractivity (Wildman–Crippen MR) is 137 cm³/mol. The van der Waals surface area contributed by atoms with Gasteiger partial charge in [0.25, 0.3) is 5.56 Å². The summed E-state index contributed by atoms with van der Waals surface area (Å²) in [5.41, 5.74) is 0.395. The topological polar surface area (TPSA) is 109 Å². The van der Waals surface area contributed by atoms with Crippen LogP contribution >= 0.6 is 22.9 Å². The maximum atomic E-state index is 13.1. The van der Waals surface area contributed by atoms with Crippen molar-refractivity contribution in [3.05, 3.63) is 80.7 Å². The number of carbonyl (C=O) groups excluding carboxylic acids is 2. The number of carbonyl (C=O) groups is 2. The third-order valence-electron chi connectivity index (χ3n) is 5.18. The van der Waals surface area contributed by atoms with Crippen molar-refractivity contribution in [2.75, 3.05) is 25.6 Å². The first-order valence-electron chi connectivity index (χ1n) is 10.8. The van der Waals surface area contributed by atoms with Gasteiger partial charge in [0.1, 0.15) is 41.0 Å². The van der Waals surface area contributed by atoms with Gasteiger partial charge in [-0.3, -0.25) is 14.2 Å². The second-order valence-corrected chi connectivity index (χ2v) is 9.04. The molecule has 0 bridgehead atoms. The van der Waals surface area contributed by atoms with Crippen molar-refractivity contribution in [3.8, 4) is 11.5 Å². The van der Waals surface area contributed by atoms with Crippen LogP contribution in [0.4, 0.5) is 5.69 Å². The number of nitrogens with one attached hydrogen (secondary N) is 1. The molecule has 0 aliphatic carbocycles. The van der Waals surface area contributed by atoms with E-state index in [1.54, 1.807) is 37.3 Å². The Labute approximate surface area is 215 Å². The normalized spacial score (nSPS) is 10.8. The molecule has 0 saturated heterocycles. The first kappa shape index (κ1) is 25.2. The number of hydrogen-bond donors (Lipinski definition) is 1. The molecule has 0 spiro atoms. The second kappa shape index (κ2) is 11.2. The molecular weight excluding hydrogens is 506 g/mol. The van der Waals surface area contributed by atoms with Crippen molar-refractivity contribution < 1.29 is 23.8 Å². The van der Waals surface area contributed by atoms with Crippen molar-refractivity contribution in [2.24, 2.45) is 0 Å². The molecule has 2 heterocycles. The number of thiophene rings is 1. The lowest BCUT2D eigenvalue weighted by molar-refractivity contribution is -0.116. The minimum atomic E-state index is -0.566. The van der Waals surface area contributed by atoms with E-state index in [0.717, 1.165) is 11.3 Å². The Morgan fingerprint density at radius 1 is 1.14 bits per heavy atom. The van der Waals surface area contributed by atoms with Crippen molar-refractivity contribution in [2.45, 2.75) is 13.5 Å². The molecule has 1 amide bonds. The van der Waals surface area contributed by atoms with Crippen LogP contribution in [0.15, 0.2) is 59.7 Å². The molecule has 186 valence electrons. The van der Waals surface area contributed by atoms with Gasteiger partial charge in [-0.2, -0.15) is 0 Å². The minimum absolute atomic E-state index is 0.0478. The average Bonchev–Trinajstić information content (AvgIpc) is 3.21. The molecule has 0 unspecified atom stereocenters. The van der Waals surface area contributed by atoms with E-state index in [4.69, 9.17) is 25.8 Å². The van der Waals surface area contributed by atoms with Crippen LogP contribution in [-0.2, 0) is 16.1 Å². The van der Waals surface area contributed by atoms with Gasteiger partial charge in [0.15, 0.2) is 0 Å². The lowest BCUT2D eigenvalue weighted by Gasteiger charge is -2.11. The number of amides is 1. The summed E-state index contributed by atoms with van der Waals surface area (Å²) in [6, 6.07) is 14.0. The zero-order valence-corrected chi connectivity index (χ0v) is 21.0. The SMILES string of the molecule is COc1ccc(Cl)cc1NC(=O)Cn1cnc2sc(C(=O)OCCOc3ccccc3)c(C)c2c1=O. The first-order chi connectivity index (χ1) is 17.4. The predicted octanol–water partition coefficient (Wildman–Crippen LogP) is 4.30. The number of hydrogen-bond acceptors (Lipinski definition) is 8. The number of anilines is 1. The second-order valence-electron chi connectivity index (χ2n) is 7.60. The van der Waals surface area contributed by atoms with Gasteiger partial charge in [0, 0.05) is 5.02 Å². The van der Waals surface area contributed by atoms with Gasteiger partial charge >= 0.3 is 5.97 Å². The molecule has 36 heavy (non-hydrogen) atoms. The Kier molecular flexibility index (Phi) is 7.87. The number of aromatic nitrogens is 2. The van der Waals surface area contributed by atoms with Crippen molar-refractivity contribution in [3.63, 3.8) is 0 Å². The van der Waals surface area contributed by atoms with E-state index >= 15 is 0 Å². The largest absolute Gasteiger partial charge is 0.495 e. The molecule has 2 aromatic carbocycles. The molecule has 0 aliphatic rings. The molecule has 4 aromatic rings. The monoisotopic (exact) mass is 527 g/mol. The molecule has 0 aliphatic heterocycles. The van der Waals surface area contributed by atoms with Crippen molar-refractivity contribution in [1.29, 1.82) is 0 Å². The standard InChI is InChI=1S/C25H22ClN3O6S/c1-15-21-23(36-22(15)25(32)35-11-10-34-17-6-4-3-5-7-17)27-14-29(24(21)31)13-20(30)28-18-12-16(26)8-9-19(18)33-2/h3-9,12,14H,10-11,13H2,1-2H3,(H,28,30). The summed E-state index contributed by atoms with van der Waals surface area (Å²) in [4.78, 5) is 43.3. The Balaban J connectivity index is 1.45. The number of methoxy groups -OCH3 is 1. The Morgan fingerprint density at radius 2 is 1.92 bits per heavy atom. The lowest BCUT2D eigenvalue weighted by atomic mass is 10.2. The summed E-state index contributed by atoms with van der Waals surface area (Å²) in [7, 11) is 1.47. The maximum absolute atomic E-state index is 13.1. The summed E-state index contributed by atoms with van der Waals surface area (Å²) in [5, 5.41) is 3.37. The minimum Gasteiger partial charge on any atom is -0.495 e. The smallest absolute Gasteiger partial charge is 0.348 e. The van der Waals surface area contributed by atoms with Crippen LogP contribution in [0, 0.1) is 6.92 Å². The van der Waals surface area contributed by atoms with Gasteiger partial charge in [0.05, 0.1) is 24.5 Å². The number of benzene rings is 2. The van der Waals surface area contributed by atoms with E-state index < -0.39 is 17.4 Å². The first-order valence-corrected chi connectivity index (χ1v) is 12.0. The summed E-state index contributed by atoms with van der Waals surface area (Å²) in [6.07, 6.45) is 1.28. The highest BCUT2D eigenvalue weighted by atomic mass is 35.5. The van der Waals surface area contributed by atoms with Gasteiger partial charge in [-0.1, -0.05) is 29.8 Å². The van der Waals surface area contributed by atoms with E-state index in [1.807, 2.05) is 18.2 Å². The highest BCUT2D eigenvalue weighted by molar-refractivity contribution is 7.20. The summed E-state index contributed by atoms with van der Waals surface area (Å²) in [5.74, 6) is 0.0718. The zero-order valence-electron chi connectivity index (χ0n) is 19.4. The molecule has 0 atom stereocenters. The number of ether oxygens (including phenoxy) is 3. The van der Waals surface area contributed by atoms with Gasteiger partial charge in [-0.15, -0.1) is 11.3 Å². The van der Waals surface area contributed by atoms with Crippen LogP contribution in [0.1, 0.15) is 15.2 Å². The van der Waals surface area contributed by atoms with Gasteiger partial charge in [0.2, 0.25) is 5.91 Å².